The standard InChI is InChI=1S/C21H29N3O/c1-18-10-11-22-21(16-18)24(15-14-23-12-4-3-5-13-23)17-19-6-8-20(25-2)9-7-19/h6-11,16H,3-5,12-15,17H2,1-2H3. The van der Waals surface area contributed by atoms with Gasteiger partial charge in [-0.3, -0.25) is 0 Å². The van der Waals surface area contributed by atoms with E-state index < -0.39 is 0 Å². The fourth-order valence-electron chi connectivity index (χ4n) is 3.36. The van der Waals surface area contributed by atoms with Crippen molar-refractivity contribution in [3.8, 4) is 5.75 Å². The molecule has 25 heavy (non-hydrogen) atoms. The molecule has 2 heterocycles. The minimum absolute atomic E-state index is 0.869. The summed E-state index contributed by atoms with van der Waals surface area (Å²) in [6, 6.07) is 12.6. The predicted octanol–water partition coefficient (Wildman–Crippen LogP) is 3.89. The van der Waals surface area contributed by atoms with E-state index in [1.807, 2.05) is 18.3 Å². The first kappa shape index (κ1) is 17.7. The van der Waals surface area contributed by atoms with E-state index in [1.165, 1.54) is 43.5 Å². The number of likely N-dealkylation sites (tertiary alicyclic amines) is 1. The second-order valence-corrected chi connectivity index (χ2v) is 6.86. The fraction of sp³-hybridized carbons (Fsp3) is 0.476. The maximum Gasteiger partial charge on any atom is 0.129 e. The molecule has 0 spiro atoms. The average molecular weight is 339 g/mol. The molecule has 4 heteroatoms. The summed E-state index contributed by atoms with van der Waals surface area (Å²) in [5.41, 5.74) is 2.53. The molecule has 2 aromatic rings. The van der Waals surface area contributed by atoms with Gasteiger partial charge in [0.1, 0.15) is 11.6 Å². The molecule has 0 saturated carbocycles. The molecular formula is C21H29N3O. The first-order valence-electron chi connectivity index (χ1n) is 9.27. The number of methoxy groups -OCH3 is 1. The molecule has 1 aliphatic heterocycles. The Kier molecular flexibility index (Phi) is 6.29. The van der Waals surface area contributed by atoms with Crippen LogP contribution in [0.5, 0.6) is 5.75 Å². The SMILES string of the molecule is COc1ccc(CN(CCN2CCCCC2)c2cc(C)ccn2)cc1. The Morgan fingerprint density at radius 2 is 1.84 bits per heavy atom. The summed E-state index contributed by atoms with van der Waals surface area (Å²) in [5.74, 6) is 1.96. The molecule has 134 valence electrons. The third-order valence-corrected chi connectivity index (χ3v) is 4.89. The normalized spacial score (nSPS) is 15.1. The van der Waals surface area contributed by atoms with Crippen LogP contribution in [0, 0.1) is 6.92 Å². The highest BCUT2D eigenvalue weighted by atomic mass is 16.5. The van der Waals surface area contributed by atoms with Gasteiger partial charge >= 0.3 is 0 Å². The zero-order valence-corrected chi connectivity index (χ0v) is 15.4. The van der Waals surface area contributed by atoms with Gasteiger partial charge in [-0.1, -0.05) is 18.6 Å². The molecule has 1 aromatic heterocycles. The Morgan fingerprint density at radius 3 is 2.52 bits per heavy atom. The number of pyridine rings is 1. The molecule has 1 aromatic carbocycles. The molecule has 3 rings (SSSR count). The van der Waals surface area contributed by atoms with Gasteiger partial charge < -0.3 is 14.5 Å². The number of ether oxygens (including phenoxy) is 1. The van der Waals surface area contributed by atoms with Crippen LogP contribution < -0.4 is 9.64 Å². The van der Waals surface area contributed by atoms with Crippen LogP contribution in [0.15, 0.2) is 42.6 Å². The summed E-state index contributed by atoms with van der Waals surface area (Å²) in [5, 5.41) is 0. The van der Waals surface area contributed by atoms with Crippen LogP contribution in [0.25, 0.3) is 0 Å². The largest absolute Gasteiger partial charge is 0.497 e. The molecule has 0 atom stereocenters. The maximum absolute atomic E-state index is 5.27. The number of aryl methyl sites for hydroxylation is 1. The third kappa shape index (κ3) is 5.20. The lowest BCUT2D eigenvalue weighted by molar-refractivity contribution is 0.233. The smallest absolute Gasteiger partial charge is 0.129 e. The number of hydrogen-bond donors (Lipinski definition) is 0. The molecule has 0 N–H and O–H groups in total. The Labute approximate surface area is 151 Å². The lowest BCUT2D eigenvalue weighted by atomic mass is 10.1. The predicted molar refractivity (Wildman–Crippen MR) is 103 cm³/mol. The van der Waals surface area contributed by atoms with Crippen LogP contribution in [-0.4, -0.2) is 43.2 Å². The van der Waals surface area contributed by atoms with Crippen LogP contribution in [-0.2, 0) is 6.54 Å². The zero-order chi connectivity index (χ0) is 17.5. The van der Waals surface area contributed by atoms with E-state index in [9.17, 15) is 0 Å². The van der Waals surface area contributed by atoms with Crippen molar-refractivity contribution in [3.05, 3.63) is 53.7 Å². The van der Waals surface area contributed by atoms with Crippen molar-refractivity contribution in [2.24, 2.45) is 0 Å². The first-order chi connectivity index (χ1) is 12.2. The second-order valence-electron chi connectivity index (χ2n) is 6.86. The number of hydrogen-bond acceptors (Lipinski definition) is 4. The minimum Gasteiger partial charge on any atom is -0.497 e. The van der Waals surface area contributed by atoms with Gasteiger partial charge in [0.25, 0.3) is 0 Å². The van der Waals surface area contributed by atoms with Gasteiger partial charge in [0.05, 0.1) is 7.11 Å². The van der Waals surface area contributed by atoms with Gasteiger partial charge in [0.15, 0.2) is 0 Å². The van der Waals surface area contributed by atoms with E-state index in [-0.39, 0.29) is 0 Å². The molecule has 1 saturated heterocycles. The van der Waals surface area contributed by atoms with Gasteiger partial charge in [0, 0.05) is 25.8 Å². The highest BCUT2D eigenvalue weighted by molar-refractivity contribution is 5.42. The van der Waals surface area contributed by atoms with Crippen LogP contribution in [0.4, 0.5) is 5.82 Å². The van der Waals surface area contributed by atoms with Crippen molar-refractivity contribution < 1.29 is 4.74 Å². The van der Waals surface area contributed by atoms with Gasteiger partial charge in [0.2, 0.25) is 0 Å². The average Bonchev–Trinajstić information content (AvgIpc) is 2.66. The molecule has 0 amide bonds. The highest BCUT2D eigenvalue weighted by Gasteiger charge is 2.14. The monoisotopic (exact) mass is 339 g/mol. The van der Waals surface area contributed by atoms with Crippen molar-refractivity contribution in [2.75, 3.05) is 38.2 Å². The molecule has 0 aliphatic carbocycles. The van der Waals surface area contributed by atoms with Gasteiger partial charge in [-0.15, -0.1) is 0 Å². The second kappa shape index (κ2) is 8.86. The quantitative estimate of drug-likeness (QED) is 0.765. The van der Waals surface area contributed by atoms with Crippen LogP contribution in [0.3, 0.4) is 0 Å². The summed E-state index contributed by atoms with van der Waals surface area (Å²) in [6.07, 6.45) is 5.96. The molecule has 0 unspecified atom stereocenters. The highest BCUT2D eigenvalue weighted by Crippen LogP contribution is 2.18. The third-order valence-electron chi connectivity index (χ3n) is 4.89. The summed E-state index contributed by atoms with van der Waals surface area (Å²) >= 11 is 0. The lowest BCUT2D eigenvalue weighted by Gasteiger charge is -2.31. The van der Waals surface area contributed by atoms with E-state index >= 15 is 0 Å². The molecular weight excluding hydrogens is 310 g/mol. The Hall–Kier alpha value is -2.07. The van der Waals surface area contributed by atoms with E-state index in [0.29, 0.717) is 0 Å². The lowest BCUT2D eigenvalue weighted by Crippen LogP contribution is -2.38. The summed E-state index contributed by atoms with van der Waals surface area (Å²) in [7, 11) is 1.70. The van der Waals surface area contributed by atoms with Crippen LogP contribution in [0.1, 0.15) is 30.4 Å². The summed E-state index contributed by atoms with van der Waals surface area (Å²) < 4.78 is 5.27. The summed E-state index contributed by atoms with van der Waals surface area (Å²) in [4.78, 5) is 9.59. The Bertz CT molecular complexity index is 650. The topological polar surface area (TPSA) is 28.6 Å². The first-order valence-corrected chi connectivity index (χ1v) is 9.27. The summed E-state index contributed by atoms with van der Waals surface area (Å²) in [6.45, 7) is 7.57. The van der Waals surface area contributed by atoms with Crippen LogP contribution in [0.2, 0.25) is 0 Å². The number of piperidine rings is 1. The Morgan fingerprint density at radius 1 is 1.08 bits per heavy atom. The van der Waals surface area contributed by atoms with Crippen LogP contribution >= 0.6 is 0 Å². The van der Waals surface area contributed by atoms with Gasteiger partial charge in [-0.2, -0.15) is 0 Å². The van der Waals surface area contributed by atoms with Crippen molar-refractivity contribution in [1.82, 2.24) is 9.88 Å². The molecule has 0 bridgehead atoms. The van der Waals surface area contributed by atoms with E-state index in [4.69, 9.17) is 4.74 Å². The van der Waals surface area contributed by atoms with E-state index in [0.717, 1.165) is 31.2 Å². The number of benzene rings is 1. The van der Waals surface area contributed by atoms with Crippen molar-refractivity contribution in [2.45, 2.75) is 32.7 Å². The van der Waals surface area contributed by atoms with E-state index in [2.05, 4.69) is 46.0 Å². The van der Waals surface area contributed by atoms with Crippen molar-refractivity contribution in [1.29, 1.82) is 0 Å². The number of anilines is 1. The number of aromatic nitrogens is 1. The van der Waals surface area contributed by atoms with E-state index in [1.54, 1.807) is 7.11 Å². The Balaban J connectivity index is 1.70. The van der Waals surface area contributed by atoms with Gasteiger partial charge in [-0.05, 0) is 68.2 Å². The van der Waals surface area contributed by atoms with Gasteiger partial charge in [-0.25, -0.2) is 4.98 Å². The van der Waals surface area contributed by atoms with Crippen molar-refractivity contribution in [3.63, 3.8) is 0 Å². The van der Waals surface area contributed by atoms with Crippen molar-refractivity contribution >= 4 is 5.82 Å². The molecule has 4 nitrogen and oxygen atoms in total. The molecule has 1 fully saturated rings. The number of rotatable bonds is 7. The zero-order valence-electron chi connectivity index (χ0n) is 15.4. The minimum atomic E-state index is 0.869. The fourth-order valence-corrected chi connectivity index (χ4v) is 3.36. The maximum atomic E-state index is 5.27. The molecule has 1 aliphatic rings. The number of nitrogens with zero attached hydrogens (tertiary/aromatic N) is 3. The molecule has 0 radical (unpaired) electrons.